The van der Waals surface area contributed by atoms with Crippen LogP contribution in [-0.2, 0) is 0 Å². The fraction of sp³-hybridized carbons (Fsp3) is 0.438. The molecule has 110 valence electrons. The van der Waals surface area contributed by atoms with E-state index in [1.165, 1.54) is 0 Å². The van der Waals surface area contributed by atoms with Gasteiger partial charge in [0.25, 0.3) is 0 Å². The van der Waals surface area contributed by atoms with Crippen molar-refractivity contribution in [3.05, 3.63) is 29.3 Å². The number of Topliss-reactive ketones (excluding diaryl/α,β-unsaturated/α-hetero) is 1. The Morgan fingerprint density at radius 2 is 2.05 bits per heavy atom. The van der Waals surface area contributed by atoms with Crippen LogP contribution in [0, 0.1) is 10.8 Å². The van der Waals surface area contributed by atoms with Crippen molar-refractivity contribution in [2.75, 3.05) is 13.2 Å². The van der Waals surface area contributed by atoms with E-state index in [2.05, 4.69) is 0 Å². The molecule has 0 aliphatic carbocycles. The number of likely N-dealkylation sites (tertiary alicyclic amines) is 1. The molecule has 0 amide bonds. The quantitative estimate of drug-likeness (QED) is 0.615. The van der Waals surface area contributed by atoms with Gasteiger partial charge in [-0.05, 0) is 25.0 Å². The maximum atomic E-state index is 11.8. The Kier molecular flexibility index (Phi) is 3.73. The highest BCUT2D eigenvalue weighted by Gasteiger charge is 2.22. The second-order valence-electron chi connectivity index (χ2n) is 5.49. The Balaban J connectivity index is 1.87. The molecule has 3 rings (SSSR count). The van der Waals surface area contributed by atoms with E-state index in [0.29, 0.717) is 48.1 Å². The summed E-state index contributed by atoms with van der Waals surface area (Å²) in [5.41, 5.74) is 1.30. The third-order valence-electron chi connectivity index (χ3n) is 4.03. The topological polar surface area (TPSA) is 77.2 Å². The lowest BCUT2D eigenvalue weighted by molar-refractivity contribution is 0.0933. The first-order chi connectivity index (χ1) is 10.2. The van der Waals surface area contributed by atoms with E-state index in [1.807, 2.05) is 0 Å². The van der Waals surface area contributed by atoms with E-state index in [-0.39, 0.29) is 5.78 Å². The number of carbonyl (C=O) groups is 1. The lowest BCUT2D eigenvalue weighted by atomic mass is 10.0. The molecule has 2 aliphatic rings. The first kappa shape index (κ1) is 13.8. The minimum absolute atomic E-state index is 0.0943. The van der Waals surface area contributed by atoms with E-state index in [9.17, 15) is 4.79 Å². The lowest BCUT2D eigenvalue weighted by Crippen LogP contribution is -2.36. The summed E-state index contributed by atoms with van der Waals surface area (Å²) in [5, 5.41) is 16.4. The molecule has 0 unspecified atom stereocenters. The minimum Gasteiger partial charge on any atom is -0.492 e. The van der Waals surface area contributed by atoms with Crippen LogP contribution in [-0.4, -0.2) is 35.5 Å². The zero-order valence-corrected chi connectivity index (χ0v) is 11.9. The summed E-state index contributed by atoms with van der Waals surface area (Å²) in [6.07, 6.45) is 4.27. The summed E-state index contributed by atoms with van der Waals surface area (Å²) in [6, 6.07) is 5.28. The van der Waals surface area contributed by atoms with Crippen molar-refractivity contribution in [2.45, 2.75) is 32.1 Å². The maximum Gasteiger partial charge on any atom is 0.169 e. The van der Waals surface area contributed by atoms with Crippen LogP contribution < -0.4 is 4.74 Å². The van der Waals surface area contributed by atoms with Crippen LogP contribution in [0.2, 0.25) is 0 Å². The van der Waals surface area contributed by atoms with Crippen LogP contribution >= 0.6 is 0 Å². The van der Waals surface area contributed by atoms with Crippen molar-refractivity contribution in [3.63, 3.8) is 0 Å². The standard InChI is InChI=1S/C16H19N3O2/c17-15-4-2-1-3-8-19(15)16(18)11-5-6-12-13(20)7-9-21-14(12)10-11/h5-6,10,17-18H,1-4,7-9H2. The van der Waals surface area contributed by atoms with Gasteiger partial charge in [-0.2, -0.15) is 0 Å². The molecule has 0 saturated carbocycles. The van der Waals surface area contributed by atoms with Crippen LogP contribution in [0.5, 0.6) is 5.75 Å². The molecule has 5 heteroatoms. The van der Waals surface area contributed by atoms with Crippen molar-refractivity contribution in [1.29, 1.82) is 10.8 Å². The van der Waals surface area contributed by atoms with Crippen molar-refractivity contribution >= 4 is 17.5 Å². The van der Waals surface area contributed by atoms with E-state index < -0.39 is 0 Å². The third kappa shape index (κ3) is 2.68. The van der Waals surface area contributed by atoms with Crippen LogP contribution in [0.3, 0.4) is 0 Å². The van der Waals surface area contributed by atoms with Crippen molar-refractivity contribution in [1.82, 2.24) is 4.90 Å². The van der Waals surface area contributed by atoms with Gasteiger partial charge in [0.2, 0.25) is 0 Å². The first-order valence-corrected chi connectivity index (χ1v) is 7.41. The predicted octanol–water partition coefficient (Wildman–Crippen LogP) is 2.83. The van der Waals surface area contributed by atoms with Crippen LogP contribution in [0.15, 0.2) is 18.2 Å². The number of fused-ring (bicyclic) bond motifs is 1. The number of ketones is 1. The van der Waals surface area contributed by atoms with E-state index in [1.54, 1.807) is 23.1 Å². The molecule has 2 aliphatic heterocycles. The van der Waals surface area contributed by atoms with Crippen molar-refractivity contribution in [3.8, 4) is 5.75 Å². The summed E-state index contributed by atoms with van der Waals surface area (Å²) in [4.78, 5) is 13.6. The first-order valence-electron chi connectivity index (χ1n) is 7.41. The maximum absolute atomic E-state index is 11.8. The molecule has 21 heavy (non-hydrogen) atoms. The summed E-state index contributed by atoms with van der Waals surface area (Å²) in [5.74, 6) is 1.49. The van der Waals surface area contributed by atoms with Gasteiger partial charge in [0, 0.05) is 24.9 Å². The Bertz CT molecular complexity index is 610. The van der Waals surface area contributed by atoms with Crippen LogP contribution in [0.4, 0.5) is 0 Å². The molecule has 2 heterocycles. The molecule has 5 nitrogen and oxygen atoms in total. The molecule has 2 N–H and O–H groups in total. The van der Waals surface area contributed by atoms with Gasteiger partial charge in [0.05, 0.1) is 12.2 Å². The third-order valence-corrected chi connectivity index (χ3v) is 4.03. The fourth-order valence-electron chi connectivity index (χ4n) is 2.82. The normalized spacial score (nSPS) is 18.8. The van der Waals surface area contributed by atoms with Gasteiger partial charge >= 0.3 is 0 Å². The summed E-state index contributed by atoms with van der Waals surface area (Å²) >= 11 is 0. The summed E-state index contributed by atoms with van der Waals surface area (Å²) in [7, 11) is 0. The molecule has 0 radical (unpaired) electrons. The number of nitrogens with zero attached hydrogens (tertiary/aromatic N) is 1. The Morgan fingerprint density at radius 1 is 1.19 bits per heavy atom. The highest BCUT2D eigenvalue weighted by molar-refractivity contribution is 6.08. The number of hydrogen-bond acceptors (Lipinski definition) is 4. The average Bonchev–Trinajstić information content (AvgIpc) is 2.71. The molecule has 0 bridgehead atoms. The van der Waals surface area contributed by atoms with Gasteiger partial charge in [-0.25, -0.2) is 0 Å². The van der Waals surface area contributed by atoms with Gasteiger partial charge in [-0.15, -0.1) is 0 Å². The van der Waals surface area contributed by atoms with Crippen LogP contribution in [0.1, 0.15) is 48.0 Å². The molecular formula is C16H19N3O2. The van der Waals surface area contributed by atoms with Gasteiger partial charge in [0.1, 0.15) is 17.4 Å². The number of ether oxygens (including phenoxy) is 1. The number of carbonyl (C=O) groups excluding carboxylic acids is 1. The van der Waals surface area contributed by atoms with Crippen molar-refractivity contribution < 1.29 is 9.53 Å². The van der Waals surface area contributed by atoms with Crippen LogP contribution in [0.25, 0.3) is 0 Å². The SMILES string of the molecule is N=C1CCCCCN1C(=N)c1ccc2c(c1)OCCC2=O. The number of nitrogens with one attached hydrogen (secondary N) is 2. The number of benzene rings is 1. The lowest BCUT2D eigenvalue weighted by Gasteiger charge is -2.25. The monoisotopic (exact) mass is 285 g/mol. The van der Waals surface area contributed by atoms with Gasteiger partial charge in [-0.3, -0.25) is 15.6 Å². The molecule has 1 aromatic rings. The zero-order valence-electron chi connectivity index (χ0n) is 11.9. The number of amidine groups is 2. The number of hydrogen-bond donors (Lipinski definition) is 2. The second-order valence-corrected chi connectivity index (χ2v) is 5.49. The Hall–Kier alpha value is -2.17. The predicted molar refractivity (Wildman–Crippen MR) is 80.6 cm³/mol. The van der Waals surface area contributed by atoms with E-state index >= 15 is 0 Å². The molecule has 1 fully saturated rings. The minimum atomic E-state index is 0.0943. The van der Waals surface area contributed by atoms with Gasteiger partial charge in [-0.1, -0.05) is 12.5 Å². The Labute approximate surface area is 123 Å². The highest BCUT2D eigenvalue weighted by atomic mass is 16.5. The smallest absolute Gasteiger partial charge is 0.169 e. The summed E-state index contributed by atoms with van der Waals surface area (Å²) < 4.78 is 5.53. The fourth-order valence-corrected chi connectivity index (χ4v) is 2.82. The van der Waals surface area contributed by atoms with E-state index in [4.69, 9.17) is 15.6 Å². The Morgan fingerprint density at radius 3 is 2.90 bits per heavy atom. The molecule has 0 atom stereocenters. The van der Waals surface area contributed by atoms with E-state index in [0.717, 1.165) is 25.7 Å². The average molecular weight is 285 g/mol. The molecule has 1 saturated heterocycles. The number of rotatable bonds is 1. The van der Waals surface area contributed by atoms with Crippen molar-refractivity contribution in [2.24, 2.45) is 0 Å². The molecule has 0 aromatic heterocycles. The zero-order chi connectivity index (χ0) is 14.8. The highest BCUT2D eigenvalue weighted by Crippen LogP contribution is 2.27. The largest absolute Gasteiger partial charge is 0.492 e. The molecule has 0 spiro atoms. The van der Waals surface area contributed by atoms with Gasteiger partial charge in [0.15, 0.2) is 5.78 Å². The van der Waals surface area contributed by atoms with Gasteiger partial charge < -0.3 is 9.64 Å². The molecule has 1 aromatic carbocycles. The molecular weight excluding hydrogens is 266 g/mol. The second kappa shape index (κ2) is 5.68. The summed E-state index contributed by atoms with van der Waals surface area (Å²) in [6.45, 7) is 1.12.